The van der Waals surface area contributed by atoms with E-state index in [0.29, 0.717) is 23.6 Å². The molecule has 2 N–H and O–H groups in total. The number of fused-ring (bicyclic) bond motifs is 1. The second-order valence-corrected chi connectivity index (χ2v) is 6.01. The molecule has 0 bridgehead atoms. The Labute approximate surface area is 128 Å². The number of nitrogens with zero attached hydrogens (tertiary/aromatic N) is 4. The minimum atomic E-state index is -0.295. The first-order chi connectivity index (χ1) is 10.6. The number of aryl methyl sites for hydroxylation is 2. The maximum absolute atomic E-state index is 12.7. The molecule has 0 atom stereocenters. The van der Waals surface area contributed by atoms with E-state index >= 15 is 0 Å². The minimum absolute atomic E-state index is 0.240. The fourth-order valence-electron chi connectivity index (χ4n) is 2.93. The summed E-state index contributed by atoms with van der Waals surface area (Å²) in [6, 6.07) is 0. The number of unbranched alkanes of at least 4 members (excludes halogenated alkanes) is 1. The van der Waals surface area contributed by atoms with Crippen molar-refractivity contribution in [3.05, 3.63) is 26.7 Å². The lowest BCUT2D eigenvalue weighted by Gasteiger charge is -2.10. The zero-order chi connectivity index (χ0) is 15.9. The standard InChI is InChI=1S/C15H23N5O2/c1-3-4-8-19-13-11(14(21)20(9-7-16)15(19)22)18(2)12(17-13)10-5-6-10/h10H,3-9,16H2,1-2H3. The number of hydrogen-bond donors (Lipinski definition) is 1. The molecule has 2 heterocycles. The smallest absolute Gasteiger partial charge is 0.329 e. The van der Waals surface area contributed by atoms with Crippen molar-refractivity contribution in [2.75, 3.05) is 6.54 Å². The van der Waals surface area contributed by atoms with Crippen molar-refractivity contribution in [1.29, 1.82) is 0 Å². The molecule has 0 saturated heterocycles. The number of aromatic nitrogens is 4. The van der Waals surface area contributed by atoms with Crippen molar-refractivity contribution < 1.29 is 0 Å². The van der Waals surface area contributed by atoms with Crippen LogP contribution in [0.2, 0.25) is 0 Å². The number of hydrogen-bond acceptors (Lipinski definition) is 4. The first kappa shape index (κ1) is 15.0. The van der Waals surface area contributed by atoms with E-state index in [4.69, 9.17) is 5.73 Å². The zero-order valence-electron chi connectivity index (χ0n) is 13.2. The third-order valence-electron chi connectivity index (χ3n) is 4.31. The van der Waals surface area contributed by atoms with Gasteiger partial charge in [-0.2, -0.15) is 0 Å². The van der Waals surface area contributed by atoms with Gasteiger partial charge < -0.3 is 10.3 Å². The molecule has 0 aromatic carbocycles. The van der Waals surface area contributed by atoms with Crippen molar-refractivity contribution >= 4 is 11.2 Å². The maximum Gasteiger partial charge on any atom is 0.332 e. The highest BCUT2D eigenvalue weighted by molar-refractivity contribution is 5.71. The second kappa shape index (κ2) is 5.72. The summed E-state index contributed by atoms with van der Waals surface area (Å²) in [6.45, 7) is 3.16. The van der Waals surface area contributed by atoms with Crippen molar-refractivity contribution in [3.63, 3.8) is 0 Å². The minimum Gasteiger partial charge on any atom is -0.329 e. The molecular weight excluding hydrogens is 282 g/mol. The van der Waals surface area contributed by atoms with Crippen LogP contribution in [0.15, 0.2) is 9.59 Å². The van der Waals surface area contributed by atoms with E-state index in [1.807, 2.05) is 11.6 Å². The SMILES string of the molecule is CCCCn1c(=O)n(CCN)c(=O)c2c1nc(C1CC1)n2C. The molecule has 0 unspecified atom stereocenters. The molecular formula is C15H23N5O2. The van der Waals surface area contributed by atoms with E-state index in [9.17, 15) is 9.59 Å². The van der Waals surface area contributed by atoms with Crippen LogP contribution < -0.4 is 17.0 Å². The maximum atomic E-state index is 12.7. The quantitative estimate of drug-likeness (QED) is 0.843. The first-order valence-electron chi connectivity index (χ1n) is 8.00. The molecule has 0 radical (unpaired) electrons. The van der Waals surface area contributed by atoms with E-state index in [-0.39, 0.29) is 24.3 Å². The predicted molar refractivity (Wildman–Crippen MR) is 85.2 cm³/mol. The molecule has 3 rings (SSSR count). The molecule has 2 aromatic heterocycles. The van der Waals surface area contributed by atoms with Gasteiger partial charge in [0.1, 0.15) is 5.82 Å². The van der Waals surface area contributed by atoms with Crippen LogP contribution in [0, 0.1) is 0 Å². The van der Waals surface area contributed by atoms with Crippen LogP contribution in [0.3, 0.4) is 0 Å². The van der Waals surface area contributed by atoms with Crippen molar-refractivity contribution in [3.8, 4) is 0 Å². The Morgan fingerprint density at radius 1 is 1.23 bits per heavy atom. The predicted octanol–water partition coefficient (Wildman–Crippen LogP) is 0.533. The Morgan fingerprint density at radius 3 is 2.55 bits per heavy atom. The number of rotatable bonds is 6. The second-order valence-electron chi connectivity index (χ2n) is 6.01. The Bertz CT molecular complexity index is 810. The Kier molecular flexibility index (Phi) is 3.90. The molecule has 7 heteroatoms. The van der Waals surface area contributed by atoms with Gasteiger partial charge in [-0.1, -0.05) is 13.3 Å². The lowest BCUT2D eigenvalue weighted by Crippen LogP contribution is -2.42. The van der Waals surface area contributed by atoms with Gasteiger partial charge in [0, 0.05) is 32.6 Å². The lowest BCUT2D eigenvalue weighted by molar-refractivity contribution is 0.551. The largest absolute Gasteiger partial charge is 0.332 e. The molecule has 0 aliphatic heterocycles. The molecule has 1 aliphatic rings. The van der Waals surface area contributed by atoms with Gasteiger partial charge in [-0.25, -0.2) is 9.78 Å². The summed E-state index contributed by atoms with van der Waals surface area (Å²) in [4.78, 5) is 29.9. The normalized spacial score (nSPS) is 14.9. The van der Waals surface area contributed by atoms with Crippen LogP contribution in [0.1, 0.15) is 44.3 Å². The summed E-state index contributed by atoms with van der Waals surface area (Å²) in [5, 5.41) is 0. The van der Waals surface area contributed by atoms with Gasteiger partial charge in [-0.3, -0.25) is 13.9 Å². The van der Waals surface area contributed by atoms with Gasteiger partial charge >= 0.3 is 5.69 Å². The average molecular weight is 305 g/mol. The van der Waals surface area contributed by atoms with E-state index in [2.05, 4.69) is 11.9 Å². The van der Waals surface area contributed by atoms with Crippen LogP contribution in [-0.4, -0.2) is 25.2 Å². The fourth-order valence-corrected chi connectivity index (χ4v) is 2.93. The van der Waals surface area contributed by atoms with Crippen LogP contribution in [0.4, 0.5) is 0 Å². The molecule has 120 valence electrons. The molecule has 2 aromatic rings. The lowest BCUT2D eigenvalue weighted by atomic mass is 10.3. The fraction of sp³-hybridized carbons (Fsp3) is 0.667. The average Bonchev–Trinajstić information content (AvgIpc) is 3.28. The van der Waals surface area contributed by atoms with E-state index in [0.717, 1.165) is 31.5 Å². The number of nitrogens with two attached hydrogens (primary N) is 1. The molecule has 1 aliphatic carbocycles. The molecule has 22 heavy (non-hydrogen) atoms. The topological polar surface area (TPSA) is 87.8 Å². The van der Waals surface area contributed by atoms with Crippen molar-refractivity contribution in [2.24, 2.45) is 12.8 Å². The third-order valence-corrected chi connectivity index (χ3v) is 4.31. The highest BCUT2D eigenvalue weighted by Gasteiger charge is 2.30. The van der Waals surface area contributed by atoms with E-state index in [1.165, 1.54) is 4.57 Å². The summed E-state index contributed by atoms with van der Waals surface area (Å²) in [5.41, 5.74) is 6.04. The monoisotopic (exact) mass is 305 g/mol. The van der Waals surface area contributed by atoms with Gasteiger partial charge in [-0.15, -0.1) is 0 Å². The molecule has 7 nitrogen and oxygen atoms in total. The van der Waals surface area contributed by atoms with Gasteiger partial charge in [0.15, 0.2) is 11.2 Å². The third kappa shape index (κ3) is 2.29. The highest BCUT2D eigenvalue weighted by Crippen LogP contribution is 2.39. The molecule has 1 fully saturated rings. The van der Waals surface area contributed by atoms with Gasteiger partial charge in [0.05, 0.1) is 0 Å². The van der Waals surface area contributed by atoms with Crippen molar-refractivity contribution in [1.82, 2.24) is 18.7 Å². The first-order valence-corrected chi connectivity index (χ1v) is 8.00. The Morgan fingerprint density at radius 2 is 1.95 bits per heavy atom. The van der Waals surface area contributed by atoms with E-state index in [1.54, 1.807) is 4.57 Å². The van der Waals surface area contributed by atoms with Crippen LogP contribution in [0.25, 0.3) is 11.2 Å². The van der Waals surface area contributed by atoms with Crippen LogP contribution >= 0.6 is 0 Å². The van der Waals surface area contributed by atoms with Gasteiger partial charge in [0.25, 0.3) is 5.56 Å². The molecule has 0 amide bonds. The highest BCUT2D eigenvalue weighted by atomic mass is 16.2. The summed E-state index contributed by atoms with van der Waals surface area (Å²) >= 11 is 0. The Hall–Kier alpha value is -1.89. The molecule has 1 saturated carbocycles. The van der Waals surface area contributed by atoms with Crippen LogP contribution in [0.5, 0.6) is 0 Å². The Balaban J connectivity index is 2.31. The summed E-state index contributed by atoms with van der Waals surface area (Å²) in [5.74, 6) is 1.34. The number of imidazole rings is 1. The van der Waals surface area contributed by atoms with Crippen molar-refractivity contribution in [2.45, 2.75) is 51.6 Å². The van der Waals surface area contributed by atoms with Gasteiger partial charge in [-0.05, 0) is 19.3 Å². The summed E-state index contributed by atoms with van der Waals surface area (Å²) in [6.07, 6.45) is 4.07. The molecule has 0 spiro atoms. The zero-order valence-corrected chi connectivity index (χ0v) is 13.2. The van der Waals surface area contributed by atoms with Crippen LogP contribution in [-0.2, 0) is 20.1 Å². The summed E-state index contributed by atoms with van der Waals surface area (Å²) in [7, 11) is 1.87. The van der Waals surface area contributed by atoms with Gasteiger partial charge in [0.2, 0.25) is 0 Å². The summed E-state index contributed by atoms with van der Waals surface area (Å²) < 4.78 is 4.75. The van der Waals surface area contributed by atoms with E-state index < -0.39 is 0 Å².